The Morgan fingerprint density at radius 2 is 1.88 bits per heavy atom. The summed E-state index contributed by atoms with van der Waals surface area (Å²) in [6.45, 7) is 0.704. The van der Waals surface area contributed by atoms with E-state index in [2.05, 4.69) is 5.32 Å². The van der Waals surface area contributed by atoms with E-state index in [-0.39, 0.29) is 5.54 Å². The number of rotatable bonds is 1. The van der Waals surface area contributed by atoms with E-state index in [0.29, 0.717) is 18.6 Å². The summed E-state index contributed by atoms with van der Waals surface area (Å²) in [7, 11) is -0.641. The van der Waals surface area contributed by atoms with Crippen molar-refractivity contribution < 1.29 is 9.00 Å². The Bertz CT molecular complexity index is 342. The number of nitrogens with zero attached hydrogens (tertiary/aromatic N) is 1. The first-order chi connectivity index (χ1) is 8.21. The van der Waals surface area contributed by atoms with Gasteiger partial charge in [0.15, 0.2) is 0 Å². The molecule has 5 heteroatoms. The molecule has 1 amide bonds. The van der Waals surface area contributed by atoms with Gasteiger partial charge >= 0.3 is 0 Å². The molecule has 0 aromatic carbocycles. The predicted molar refractivity (Wildman–Crippen MR) is 66.9 cm³/mol. The molecule has 1 spiro atoms. The van der Waals surface area contributed by atoms with Crippen LogP contribution in [0.1, 0.15) is 38.5 Å². The molecule has 2 saturated heterocycles. The Morgan fingerprint density at radius 1 is 1.24 bits per heavy atom. The van der Waals surface area contributed by atoms with E-state index < -0.39 is 10.8 Å². The number of carbonyl (C=O) groups is 1. The second-order valence-corrected chi connectivity index (χ2v) is 7.17. The molecule has 1 N–H and O–H groups in total. The molecule has 3 fully saturated rings. The summed E-state index contributed by atoms with van der Waals surface area (Å²) in [6.07, 6.45) is 6.16. The van der Waals surface area contributed by atoms with E-state index in [1.165, 1.54) is 12.8 Å². The van der Waals surface area contributed by atoms with E-state index in [0.717, 1.165) is 37.2 Å². The Kier molecular flexibility index (Phi) is 2.99. The Hall–Kier alpha value is -0.420. The zero-order valence-electron chi connectivity index (χ0n) is 10.1. The van der Waals surface area contributed by atoms with Crippen LogP contribution in [0.2, 0.25) is 0 Å². The van der Waals surface area contributed by atoms with Crippen LogP contribution in [0.15, 0.2) is 0 Å². The largest absolute Gasteiger partial charge is 0.325 e. The maximum atomic E-state index is 12.5. The van der Waals surface area contributed by atoms with Gasteiger partial charge in [0.1, 0.15) is 0 Å². The maximum Gasteiger partial charge on any atom is 0.244 e. The van der Waals surface area contributed by atoms with Crippen molar-refractivity contribution in [3.8, 4) is 0 Å². The highest BCUT2D eigenvalue weighted by atomic mass is 32.2. The average Bonchev–Trinajstić information content (AvgIpc) is 2.92. The van der Waals surface area contributed by atoms with Gasteiger partial charge < -0.3 is 4.90 Å². The minimum atomic E-state index is -0.641. The molecule has 0 radical (unpaired) electrons. The fourth-order valence-corrected chi connectivity index (χ4v) is 4.69. The molecule has 3 rings (SSSR count). The number of carbonyl (C=O) groups excluding carboxylic acids is 1. The first kappa shape index (κ1) is 11.7. The first-order valence-electron chi connectivity index (χ1n) is 6.62. The lowest BCUT2D eigenvalue weighted by Crippen LogP contribution is -2.47. The van der Waals surface area contributed by atoms with Crippen molar-refractivity contribution in [3.05, 3.63) is 0 Å². The molecule has 17 heavy (non-hydrogen) atoms. The van der Waals surface area contributed by atoms with E-state index in [9.17, 15) is 9.00 Å². The molecular formula is C12H20N2O2S. The molecule has 2 heterocycles. The van der Waals surface area contributed by atoms with Gasteiger partial charge in [0, 0.05) is 28.3 Å². The minimum Gasteiger partial charge on any atom is -0.325 e. The lowest BCUT2D eigenvalue weighted by atomic mass is 9.97. The third-order valence-electron chi connectivity index (χ3n) is 4.51. The third kappa shape index (κ3) is 1.93. The summed E-state index contributed by atoms with van der Waals surface area (Å²) in [5, 5.41) is 3.44. The lowest BCUT2D eigenvalue weighted by molar-refractivity contribution is -0.134. The number of hydrogen-bond donors (Lipinski definition) is 1. The van der Waals surface area contributed by atoms with Gasteiger partial charge in [-0.1, -0.05) is 12.8 Å². The Balaban J connectivity index is 1.69. The molecule has 0 atom stereocenters. The Labute approximate surface area is 105 Å². The summed E-state index contributed by atoms with van der Waals surface area (Å²) < 4.78 is 11.3. The SMILES string of the molecule is O=C1N(C2CCS(=O)CC2)CNC12CCCC2. The summed E-state index contributed by atoms with van der Waals surface area (Å²) in [5.41, 5.74) is -0.226. The normalized spacial score (nSPS) is 36.9. The van der Waals surface area contributed by atoms with Crippen molar-refractivity contribution in [2.24, 2.45) is 0 Å². The highest BCUT2D eigenvalue weighted by Gasteiger charge is 2.49. The quantitative estimate of drug-likeness (QED) is 0.747. The standard InChI is InChI=1S/C12H20N2O2S/c15-11-12(5-1-2-6-12)13-9-14(11)10-3-7-17(16)8-4-10/h10,13H,1-9H2. The van der Waals surface area contributed by atoms with Crippen molar-refractivity contribution in [1.82, 2.24) is 10.2 Å². The molecule has 1 saturated carbocycles. The van der Waals surface area contributed by atoms with Gasteiger partial charge in [-0.15, -0.1) is 0 Å². The summed E-state index contributed by atoms with van der Waals surface area (Å²) in [5.74, 6) is 1.84. The van der Waals surface area contributed by atoms with Crippen LogP contribution in [0, 0.1) is 0 Å². The number of nitrogens with one attached hydrogen (secondary N) is 1. The van der Waals surface area contributed by atoms with Crippen LogP contribution >= 0.6 is 0 Å². The van der Waals surface area contributed by atoms with Crippen LogP contribution in [0.5, 0.6) is 0 Å². The molecule has 2 aliphatic heterocycles. The highest BCUT2D eigenvalue weighted by molar-refractivity contribution is 7.85. The monoisotopic (exact) mass is 256 g/mol. The van der Waals surface area contributed by atoms with Gasteiger partial charge in [0.2, 0.25) is 5.91 Å². The molecule has 0 unspecified atom stereocenters. The van der Waals surface area contributed by atoms with Crippen molar-refractivity contribution in [2.45, 2.75) is 50.1 Å². The topological polar surface area (TPSA) is 49.4 Å². The van der Waals surface area contributed by atoms with Gasteiger partial charge in [-0.3, -0.25) is 14.3 Å². The molecule has 0 bridgehead atoms. The number of hydrogen-bond acceptors (Lipinski definition) is 3. The smallest absolute Gasteiger partial charge is 0.244 e. The van der Waals surface area contributed by atoms with Crippen LogP contribution in [0.25, 0.3) is 0 Å². The average molecular weight is 256 g/mol. The maximum absolute atomic E-state index is 12.5. The van der Waals surface area contributed by atoms with E-state index in [4.69, 9.17) is 0 Å². The van der Waals surface area contributed by atoms with Crippen molar-refractivity contribution in [2.75, 3.05) is 18.2 Å². The fourth-order valence-electron chi connectivity index (χ4n) is 3.42. The molecular weight excluding hydrogens is 236 g/mol. The van der Waals surface area contributed by atoms with Gasteiger partial charge in [-0.2, -0.15) is 0 Å². The molecule has 96 valence electrons. The van der Waals surface area contributed by atoms with Gasteiger partial charge in [0.25, 0.3) is 0 Å². The highest BCUT2D eigenvalue weighted by Crippen LogP contribution is 2.36. The predicted octanol–water partition coefficient (Wildman–Crippen LogP) is 0.600. The second-order valence-electron chi connectivity index (χ2n) is 5.48. The Morgan fingerprint density at radius 3 is 2.53 bits per heavy atom. The lowest BCUT2D eigenvalue weighted by Gasteiger charge is -2.31. The molecule has 3 aliphatic rings. The zero-order chi connectivity index (χ0) is 11.9. The molecule has 0 aromatic rings. The van der Waals surface area contributed by atoms with Crippen LogP contribution in [-0.2, 0) is 15.6 Å². The van der Waals surface area contributed by atoms with E-state index in [1.807, 2.05) is 4.90 Å². The van der Waals surface area contributed by atoms with Gasteiger partial charge in [-0.25, -0.2) is 0 Å². The molecule has 0 aromatic heterocycles. The van der Waals surface area contributed by atoms with Crippen LogP contribution < -0.4 is 5.32 Å². The van der Waals surface area contributed by atoms with Crippen LogP contribution in [-0.4, -0.2) is 44.8 Å². The summed E-state index contributed by atoms with van der Waals surface area (Å²) in [4.78, 5) is 14.5. The number of amides is 1. The molecule has 1 aliphatic carbocycles. The van der Waals surface area contributed by atoms with Crippen LogP contribution in [0.4, 0.5) is 0 Å². The van der Waals surface area contributed by atoms with Crippen molar-refractivity contribution in [3.63, 3.8) is 0 Å². The first-order valence-corrected chi connectivity index (χ1v) is 8.11. The van der Waals surface area contributed by atoms with Crippen molar-refractivity contribution in [1.29, 1.82) is 0 Å². The minimum absolute atomic E-state index is 0.226. The summed E-state index contributed by atoms with van der Waals surface area (Å²) >= 11 is 0. The molecule has 4 nitrogen and oxygen atoms in total. The van der Waals surface area contributed by atoms with Gasteiger partial charge in [0.05, 0.1) is 12.2 Å². The second kappa shape index (κ2) is 4.35. The van der Waals surface area contributed by atoms with E-state index in [1.54, 1.807) is 0 Å². The van der Waals surface area contributed by atoms with E-state index >= 15 is 0 Å². The summed E-state index contributed by atoms with van der Waals surface area (Å²) in [6, 6.07) is 0.327. The van der Waals surface area contributed by atoms with Gasteiger partial charge in [-0.05, 0) is 25.7 Å². The zero-order valence-corrected chi connectivity index (χ0v) is 10.9. The van der Waals surface area contributed by atoms with Crippen molar-refractivity contribution >= 4 is 16.7 Å². The fraction of sp³-hybridized carbons (Fsp3) is 0.917. The van der Waals surface area contributed by atoms with Crippen LogP contribution in [0.3, 0.4) is 0 Å². The third-order valence-corrected chi connectivity index (χ3v) is 5.90.